The highest BCUT2D eigenvalue weighted by Gasteiger charge is 2.17. The fraction of sp³-hybridized carbons (Fsp3) is 0.143. The van der Waals surface area contributed by atoms with E-state index in [0.29, 0.717) is 0 Å². The summed E-state index contributed by atoms with van der Waals surface area (Å²) in [6, 6.07) is 2.45. The van der Waals surface area contributed by atoms with E-state index in [9.17, 15) is 13.6 Å². The van der Waals surface area contributed by atoms with E-state index in [1.165, 1.54) is 6.07 Å². The van der Waals surface area contributed by atoms with Gasteiger partial charge in [0.05, 0.1) is 5.56 Å². The van der Waals surface area contributed by atoms with Crippen molar-refractivity contribution in [3.05, 3.63) is 32.2 Å². The third-order valence-electron chi connectivity index (χ3n) is 1.36. The first-order valence-electron chi connectivity index (χ1n) is 3.17. The Balaban J connectivity index is 3.50. The Labute approximate surface area is 80.1 Å². The first-order valence-corrected chi connectivity index (χ1v) is 3.96. The molecule has 68 valence electrons. The van der Waals surface area contributed by atoms with Gasteiger partial charge in [0, 0.05) is 10.5 Å². The van der Waals surface area contributed by atoms with E-state index in [-0.39, 0.29) is 4.47 Å². The molecular formula is C7H3BrF2N2O. The summed E-state index contributed by atoms with van der Waals surface area (Å²) in [4.78, 5) is 12.8. The van der Waals surface area contributed by atoms with Crippen LogP contribution in [0.1, 0.15) is 17.7 Å². The predicted octanol–water partition coefficient (Wildman–Crippen LogP) is 1.95. The van der Waals surface area contributed by atoms with Gasteiger partial charge in [0.25, 0.3) is 6.43 Å². The van der Waals surface area contributed by atoms with Gasteiger partial charge in [-0.3, -0.25) is 4.79 Å². The second-order valence-corrected chi connectivity index (χ2v) is 3.04. The van der Waals surface area contributed by atoms with Crippen LogP contribution in [0.5, 0.6) is 0 Å². The Morgan fingerprint density at radius 3 is 2.69 bits per heavy atom. The lowest BCUT2D eigenvalue weighted by Gasteiger charge is -2.03. The highest BCUT2D eigenvalue weighted by Crippen LogP contribution is 2.27. The minimum atomic E-state index is -2.79. The SMILES string of the molecule is N#Cc1[nH]c(=O)cc(Br)c1C(F)F. The van der Waals surface area contributed by atoms with Crippen molar-refractivity contribution in [2.45, 2.75) is 6.43 Å². The molecular weight excluding hydrogens is 246 g/mol. The van der Waals surface area contributed by atoms with Gasteiger partial charge in [0.15, 0.2) is 0 Å². The van der Waals surface area contributed by atoms with Crippen molar-refractivity contribution in [2.24, 2.45) is 0 Å². The van der Waals surface area contributed by atoms with Gasteiger partial charge in [-0.25, -0.2) is 8.78 Å². The van der Waals surface area contributed by atoms with E-state index in [0.717, 1.165) is 6.07 Å². The van der Waals surface area contributed by atoms with Gasteiger partial charge in [-0.1, -0.05) is 0 Å². The molecule has 0 unspecified atom stereocenters. The van der Waals surface area contributed by atoms with Crippen LogP contribution in [0.15, 0.2) is 15.3 Å². The van der Waals surface area contributed by atoms with E-state index in [4.69, 9.17) is 5.26 Å². The summed E-state index contributed by atoms with van der Waals surface area (Å²) in [5.74, 6) is 0. The molecule has 1 aromatic heterocycles. The van der Waals surface area contributed by atoms with Crippen molar-refractivity contribution in [1.29, 1.82) is 5.26 Å². The van der Waals surface area contributed by atoms with Crippen molar-refractivity contribution >= 4 is 15.9 Å². The van der Waals surface area contributed by atoms with Crippen molar-refractivity contribution in [3.8, 4) is 6.07 Å². The van der Waals surface area contributed by atoms with Crippen LogP contribution < -0.4 is 5.56 Å². The lowest BCUT2D eigenvalue weighted by molar-refractivity contribution is 0.149. The number of aromatic nitrogens is 1. The van der Waals surface area contributed by atoms with Crippen LogP contribution in [0.4, 0.5) is 8.78 Å². The maximum atomic E-state index is 12.3. The van der Waals surface area contributed by atoms with Crippen molar-refractivity contribution in [2.75, 3.05) is 0 Å². The number of hydrogen-bond donors (Lipinski definition) is 1. The average molecular weight is 249 g/mol. The smallest absolute Gasteiger partial charge is 0.267 e. The average Bonchev–Trinajstić information content (AvgIpc) is 2.01. The molecule has 13 heavy (non-hydrogen) atoms. The maximum Gasteiger partial charge on any atom is 0.267 e. The molecule has 0 saturated heterocycles. The Hall–Kier alpha value is -1.22. The van der Waals surface area contributed by atoms with Crippen molar-refractivity contribution in [3.63, 3.8) is 0 Å². The molecule has 6 heteroatoms. The number of H-pyrrole nitrogens is 1. The normalized spacial score (nSPS) is 10.1. The highest BCUT2D eigenvalue weighted by molar-refractivity contribution is 9.10. The van der Waals surface area contributed by atoms with E-state index >= 15 is 0 Å². The molecule has 1 heterocycles. The highest BCUT2D eigenvalue weighted by atomic mass is 79.9. The first kappa shape index (κ1) is 9.86. The first-order chi connectivity index (χ1) is 6.06. The lowest BCUT2D eigenvalue weighted by Crippen LogP contribution is -2.09. The second-order valence-electron chi connectivity index (χ2n) is 2.18. The number of halogens is 3. The number of pyridine rings is 1. The minimum absolute atomic E-state index is 0.0530. The molecule has 1 rings (SSSR count). The molecule has 0 amide bonds. The summed E-state index contributed by atoms with van der Waals surface area (Å²) in [6.07, 6.45) is -2.79. The number of aromatic amines is 1. The Bertz CT molecular complexity index is 421. The number of nitrogens with zero attached hydrogens (tertiary/aromatic N) is 1. The van der Waals surface area contributed by atoms with Crippen LogP contribution in [0.3, 0.4) is 0 Å². The number of hydrogen-bond acceptors (Lipinski definition) is 2. The fourth-order valence-corrected chi connectivity index (χ4v) is 1.42. The molecule has 0 radical (unpaired) electrons. The topological polar surface area (TPSA) is 56.6 Å². The zero-order valence-corrected chi connectivity index (χ0v) is 7.73. The summed E-state index contributed by atoms with van der Waals surface area (Å²) >= 11 is 2.79. The van der Waals surface area contributed by atoms with E-state index in [1.807, 2.05) is 4.98 Å². The third-order valence-corrected chi connectivity index (χ3v) is 2.02. The molecule has 0 spiro atoms. The van der Waals surface area contributed by atoms with Crippen LogP contribution in [0, 0.1) is 11.3 Å². The maximum absolute atomic E-state index is 12.3. The van der Waals surface area contributed by atoms with Crippen molar-refractivity contribution < 1.29 is 8.78 Å². The van der Waals surface area contributed by atoms with Gasteiger partial charge in [-0.15, -0.1) is 0 Å². The van der Waals surface area contributed by atoms with Crippen molar-refractivity contribution in [1.82, 2.24) is 4.98 Å². The standard InChI is InChI=1S/C7H3BrF2N2O/c8-3-1-5(13)12-4(2-11)6(3)7(9)10/h1,7H,(H,12,13). The Kier molecular flexibility index (Phi) is 2.78. The zero-order chi connectivity index (χ0) is 10.0. The number of nitrogens with one attached hydrogen (secondary N) is 1. The number of alkyl halides is 2. The van der Waals surface area contributed by atoms with Gasteiger partial charge in [0.1, 0.15) is 11.8 Å². The second kappa shape index (κ2) is 3.66. The largest absolute Gasteiger partial charge is 0.313 e. The quantitative estimate of drug-likeness (QED) is 0.826. The summed E-state index contributed by atoms with van der Waals surface area (Å²) in [5, 5.41) is 8.44. The molecule has 1 aromatic rings. The van der Waals surface area contributed by atoms with Crippen LogP contribution in [-0.2, 0) is 0 Å². The molecule has 0 saturated carbocycles. The third kappa shape index (κ3) is 1.92. The van der Waals surface area contributed by atoms with Crippen LogP contribution in [0.2, 0.25) is 0 Å². The van der Waals surface area contributed by atoms with E-state index in [2.05, 4.69) is 15.9 Å². The van der Waals surface area contributed by atoms with Crippen LogP contribution in [-0.4, -0.2) is 4.98 Å². The molecule has 0 fully saturated rings. The Morgan fingerprint density at radius 2 is 2.23 bits per heavy atom. The van der Waals surface area contributed by atoms with Crippen LogP contribution >= 0.6 is 15.9 Å². The Morgan fingerprint density at radius 1 is 1.62 bits per heavy atom. The van der Waals surface area contributed by atoms with Gasteiger partial charge < -0.3 is 4.98 Å². The lowest BCUT2D eigenvalue weighted by atomic mass is 10.2. The summed E-state index contributed by atoms with van der Waals surface area (Å²) < 4.78 is 24.6. The number of nitriles is 1. The monoisotopic (exact) mass is 248 g/mol. The fourth-order valence-electron chi connectivity index (χ4n) is 0.840. The molecule has 0 atom stereocenters. The summed E-state index contributed by atoms with van der Waals surface area (Å²) in [6.45, 7) is 0. The molecule has 3 nitrogen and oxygen atoms in total. The molecule has 1 N–H and O–H groups in total. The molecule has 0 aliphatic heterocycles. The number of rotatable bonds is 1. The van der Waals surface area contributed by atoms with E-state index in [1.54, 1.807) is 0 Å². The van der Waals surface area contributed by atoms with E-state index < -0.39 is 23.2 Å². The molecule has 0 aliphatic carbocycles. The van der Waals surface area contributed by atoms with Gasteiger partial charge >= 0.3 is 0 Å². The van der Waals surface area contributed by atoms with Gasteiger partial charge in [-0.2, -0.15) is 5.26 Å². The minimum Gasteiger partial charge on any atom is -0.313 e. The summed E-state index contributed by atoms with van der Waals surface area (Å²) in [7, 11) is 0. The summed E-state index contributed by atoms with van der Waals surface area (Å²) in [5.41, 5.74) is -1.48. The van der Waals surface area contributed by atoms with Gasteiger partial charge in [0.2, 0.25) is 5.56 Å². The zero-order valence-electron chi connectivity index (χ0n) is 6.14. The predicted molar refractivity (Wildman–Crippen MR) is 44.4 cm³/mol. The molecule has 0 aromatic carbocycles. The molecule has 0 bridgehead atoms. The van der Waals surface area contributed by atoms with Crippen LogP contribution in [0.25, 0.3) is 0 Å². The van der Waals surface area contributed by atoms with Gasteiger partial charge in [-0.05, 0) is 15.9 Å². The molecule has 0 aliphatic rings.